The third-order valence-electron chi connectivity index (χ3n) is 2.51. The summed E-state index contributed by atoms with van der Waals surface area (Å²) >= 11 is 9.46. The highest BCUT2D eigenvalue weighted by atomic mass is 79.9. The molecule has 2 rings (SSSR count). The lowest BCUT2D eigenvalue weighted by atomic mass is 10.2. The summed E-state index contributed by atoms with van der Waals surface area (Å²) < 4.78 is 6.15. The molecule has 0 radical (unpaired) electrons. The van der Waals surface area contributed by atoms with Crippen LogP contribution in [0.15, 0.2) is 28.9 Å². The molecule has 0 saturated carbocycles. The Hall–Kier alpha value is -1.33. The van der Waals surface area contributed by atoms with Gasteiger partial charge in [-0.15, -0.1) is 0 Å². The Morgan fingerprint density at radius 2 is 2.21 bits per heavy atom. The van der Waals surface area contributed by atoms with Gasteiger partial charge in [-0.2, -0.15) is 0 Å². The number of anilines is 1. The Morgan fingerprint density at radius 1 is 1.42 bits per heavy atom. The SMILES string of the molecule is COc1c(Br)cc(Cl)cc1NCc1ccnc(C)n1. The number of nitrogens with one attached hydrogen (secondary N) is 1. The summed E-state index contributed by atoms with van der Waals surface area (Å²) in [5, 5.41) is 3.89. The third-order valence-corrected chi connectivity index (χ3v) is 3.31. The first-order chi connectivity index (χ1) is 9.10. The van der Waals surface area contributed by atoms with E-state index in [1.165, 1.54) is 0 Å². The molecule has 0 aliphatic rings. The predicted octanol–water partition coefficient (Wildman–Crippen LogP) is 3.82. The van der Waals surface area contributed by atoms with Gasteiger partial charge in [-0.3, -0.25) is 0 Å². The molecule has 1 aromatic heterocycles. The second-order valence-electron chi connectivity index (χ2n) is 3.92. The Bertz CT molecular complexity index is 592. The van der Waals surface area contributed by atoms with Crippen molar-refractivity contribution in [2.75, 3.05) is 12.4 Å². The van der Waals surface area contributed by atoms with Crippen LogP contribution in [0.1, 0.15) is 11.5 Å². The molecule has 0 atom stereocenters. The van der Waals surface area contributed by atoms with Crippen LogP contribution in [0, 0.1) is 6.92 Å². The van der Waals surface area contributed by atoms with Crippen LogP contribution in [0.2, 0.25) is 5.02 Å². The van der Waals surface area contributed by atoms with Crippen molar-refractivity contribution in [3.63, 3.8) is 0 Å². The van der Waals surface area contributed by atoms with E-state index >= 15 is 0 Å². The average Bonchev–Trinajstić information content (AvgIpc) is 2.36. The fraction of sp³-hybridized carbons (Fsp3) is 0.231. The van der Waals surface area contributed by atoms with Gasteiger partial charge < -0.3 is 10.1 Å². The van der Waals surface area contributed by atoms with Crippen LogP contribution in [0.4, 0.5) is 5.69 Å². The highest BCUT2D eigenvalue weighted by Crippen LogP contribution is 2.36. The monoisotopic (exact) mass is 341 g/mol. The van der Waals surface area contributed by atoms with E-state index in [1.54, 1.807) is 19.4 Å². The molecule has 0 aliphatic carbocycles. The van der Waals surface area contributed by atoms with Gasteiger partial charge in [0.2, 0.25) is 0 Å². The molecule has 1 aromatic carbocycles. The van der Waals surface area contributed by atoms with Crippen molar-refractivity contribution in [2.24, 2.45) is 0 Å². The zero-order valence-corrected chi connectivity index (χ0v) is 12.9. The van der Waals surface area contributed by atoms with Gasteiger partial charge in [-0.05, 0) is 41.1 Å². The summed E-state index contributed by atoms with van der Waals surface area (Å²) in [5.41, 5.74) is 1.73. The predicted molar refractivity (Wildman–Crippen MR) is 79.8 cm³/mol. The quantitative estimate of drug-likeness (QED) is 0.917. The van der Waals surface area contributed by atoms with Crippen LogP contribution in [0.25, 0.3) is 0 Å². The molecule has 0 saturated heterocycles. The van der Waals surface area contributed by atoms with Crippen molar-refractivity contribution in [1.82, 2.24) is 9.97 Å². The van der Waals surface area contributed by atoms with Crippen molar-refractivity contribution in [3.05, 3.63) is 45.4 Å². The number of benzene rings is 1. The second-order valence-corrected chi connectivity index (χ2v) is 5.21. The highest BCUT2D eigenvalue weighted by molar-refractivity contribution is 9.10. The molecule has 0 unspecified atom stereocenters. The Balaban J connectivity index is 2.19. The van der Waals surface area contributed by atoms with Gasteiger partial charge in [-0.1, -0.05) is 11.6 Å². The molecule has 0 amide bonds. The number of halogens is 2. The Morgan fingerprint density at radius 3 is 2.89 bits per heavy atom. The zero-order chi connectivity index (χ0) is 13.8. The number of ether oxygens (including phenoxy) is 1. The van der Waals surface area contributed by atoms with Gasteiger partial charge >= 0.3 is 0 Å². The number of aromatic nitrogens is 2. The first kappa shape index (κ1) is 14.1. The Labute approximate surface area is 125 Å². The van der Waals surface area contributed by atoms with E-state index in [0.717, 1.165) is 27.4 Å². The van der Waals surface area contributed by atoms with Crippen LogP contribution in [0.3, 0.4) is 0 Å². The van der Waals surface area contributed by atoms with Crippen LogP contribution in [-0.2, 0) is 6.54 Å². The minimum absolute atomic E-state index is 0.576. The summed E-state index contributed by atoms with van der Waals surface area (Å²) in [5.74, 6) is 1.47. The van der Waals surface area contributed by atoms with Crippen molar-refractivity contribution >= 4 is 33.2 Å². The number of nitrogens with zero attached hydrogens (tertiary/aromatic N) is 2. The van der Waals surface area contributed by atoms with E-state index in [0.29, 0.717) is 11.6 Å². The molecule has 100 valence electrons. The maximum atomic E-state index is 6.03. The molecule has 0 fully saturated rings. The van der Waals surface area contributed by atoms with E-state index in [2.05, 4.69) is 31.2 Å². The van der Waals surface area contributed by atoms with E-state index in [1.807, 2.05) is 19.1 Å². The van der Waals surface area contributed by atoms with Crippen molar-refractivity contribution in [3.8, 4) is 5.75 Å². The van der Waals surface area contributed by atoms with Crippen molar-refractivity contribution in [1.29, 1.82) is 0 Å². The van der Waals surface area contributed by atoms with E-state index in [4.69, 9.17) is 16.3 Å². The summed E-state index contributed by atoms with van der Waals surface area (Å²) in [7, 11) is 1.62. The molecular weight excluding hydrogens is 330 g/mol. The van der Waals surface area contributed by atoms with Gasteiger partial charge in [-0.25, -0.2) is 9.97 Å². The lowest BCUT2D eigenvalue weighted by Crippen LogP contribution is -2.04. The molecule has 4 nitrogen and oxygen atoms in total. The third kappa shape index (κ3) is 3.58. The van der Waals surface area contributed by atoms with Crippen molar-refractivity contribution in [2.45, 2.75) is 13.5 Å². The van der Waals surface area contributed by atoms with Crippen molar-refractivity contribution < 1.29 is 4.74 Å². The largest absolute Gasteiger partial charge is 0.493 e. The molecule has 19 heavy (non-hydrogen) atoms. The number of methoxy groups -OCH3 is 1. The average molecular weight is 343 g/mol. The molecule has 0 bridgehead atoms. The summed E-state index contributed by atoms with van der Waals surface area (Å²) in [6, 6.07) is 5.48. The molecule has 0 spiro atoms. The molecular formula is C13H13BrClN3O. The number of rotatable bonds is 4. The van der Waals surface area contributed by atoms with Gasteiger partial charge in [0.1, 0.15) is 5.82 Å². The topological polar surface area (TPSA) is 47.0 Å². The first-order valence-electron chi connectivity index (χ1n) is 5.65. The summed E-state index contributed by atoms with van der Waals surface area (Å²) in [6.07, 6.45) is 1.74. The smallest absolute Gasteiger partial charge is 0.156 e. The summed E-state index contributed by atoms with van der Waals surface area (Å²) in [4.78, 5) is 8.39. The fourth-order valence-corrected chi connectivity index (χ4v) is 2.66. The van der Waals surface area contributed by atoms with E-state index < -0.39 is 0 Å². The minimum atomic E-state index is 0.576. The molecule has 2 aromatic rings. The van der Waals surface area contributed by atoms with E-state index in [-0.39, 0.29) is 0 Å². The second kappa shape index (κ2) is 6.21. The first-order valence-corrected chi connectivity index (χ1v) is 6.82. The summed E-state index contributed by atoms with van der Waals surface area (Å²) in [6.45, 7) is 2.44. The maximum absolute atomic E-state index is 6.03. The maximum Gasteiger partial charge on any atom is 0.156 e. The normalized spacial score (nSPS) is 10.3. The molecule has 1 N–H and O–H groups in total. The van der Waals surface area contributed by atoms with Crippen LogP contribution in [-0.4, -0.2) is 17.1 Å². The number of hydrogen-bond donors (Lipinski definition) is 1. The van der Waals surface area contributed by atoms with E-state index in [9.17, 15) is 0 Å². The lowest BCUT2D eigenvalue weighted by molar-refractivity contribution is 0.414. The highest BCUT2D eigenvalue weighted by Gasteiger charge is 2.09. The van der Waals surface area contributed by atoms with Crippen LogP contribution < -0.4 is 10.1 Å². The minimum Gasteiger partial charge on any atom is -0.493 e. The van der Waals surface area contributed by atoms with Gasteiger partial charge in [0.05, 0.1) is 29.5 Å². The zero-order valence-electron chi connectivity index (χ0n) is 10.6. The fourth-order valence-electron chi connectivity index (χ4n) is 1.69. The van der Waals surface area contributed by atoms with Gasteiger partial charge in [0.15, 0.2) is 5.75 Å². The molecule has 6 heteroatoms. The lowest BCUT2D eigenvalue weighted by Gasteiger charge is -2.13. The molecule has 1 heterocycles. The number of aryl methyl sites for hydroxylation is 1. The number of hydrogen-bond acceptors (Lipinski definition) is 4. The van der Waals surface area contributed by atoms with Gasteiger partial charge in [0.25, 0.3) is 0 Å². The van der Waals surface area contributed by atoms with Gasteiger partial charge in [0, 0.05) is 11.2 Å². The standard InChI is InChI=1S/C13H13BrClN3O/c1-8-16-4-3-10(18-8)7-17-12-6-9(15)5-11(14)13(12)19-2/h3-6,17H,7H2,1-2H3. The Kier molecular flexibility index (Phi) is 4.61. The van der Waals surface area contributed by atoms with Crippen LogP contribution in [0.5, 0.6) is 5.75 Å². The molecule has 0 aliphatic heterocycles. The van der Waals surface area contributed by atoms with Crippen LogP contribution >= 0.6 is 27.5 Å².